The van der Waals surface area contributed by atoms with Crippen LogP contribution >= 0.6 is 0 Å². The van der Waals surface area contributed by atoms with Gasteiger partial charge in [-0.15, -0.1) is 0 Å². The van der Waals surface area contributed by atoms with Crippen LogP contribution in [0.15, 0.2) is 109 Å². The second-order valence-electron chi connectivity index (χ2n) is 11.6. The van der Waals surface area contributed by atoms with Gasteiger partial charge in [0.25, 0.3) is 0 Å². The summed E-state index contributed by atoms with van der Waals surface area (Å²) in [7, 11) is 0. The smallest absolute Gasteiger partial charge is 0.0152 e. The van der Waals surface area contributed by atoms with Crippen LogP contribution in [0.3, 0.4) is 0 Å². The first-order valence-corrected chi connectivity index (χ1v) is 16.2. The number of aryl methyl sites for hydroxylation is 4. The molecule has 0 amide bonds. The molecule has 0 saturated heterocycles. The van der Waals surface area contributed by atoms with Gasteiger partial charge in [-0.05, 0) is 105 Å². The van der Waals surface area contributed by atoms with Crippen molar-refractivity contribution in [3.05, 3.63) is 131 Å². The molecule has 214 valence electrons. The van der Waals surface area contributed by atoms with Crippen LogP contribution in [0.4, 0.5) is 0 Å². The summed E-state index contributed by atoms with van der Waals surface area (Å²) in [6, 6.07) is 41.5. The van der Waals surface area contributed by atoms with Gasteiger partial charge < -0.3 is 0 Å². The average Bonchev–Trinajstić information content (AvgIpc) is 3.06. The maximum atomic E-state index is 2.38. The van der Waals surface area contributed by atoms with Gasteiger partial charge in [-0.3, -0.25) is 0 Å². The predicted molar refractivity (Wildman–Crippen MR) is 184 cm³/mol. The van der Waals surface area contributed by atoms with Crippen molar-refractivity contribution in [1.29, 1.82) is 0 Å². The Labute approximate surface area is 254 Å². The van der Waals surface area contributed by atoms with E-state index in [1.165, 1.54) is 105 Å². The monoisotopic (exact) mass is 550 g/mol. The highest BCUT2D eigenvalue weighted by atomic mass is 14.1. The summed E-state index contributed by atoms with van der Waals surface area (Å²) in [6.45, 7) is 9.03. The number of hydrogen-bond donors (Lipinski definition) is 0. The van der Waals surface area contributed by atoms with Gasteiger partial charge in [0.15, 0.2) is 0 Å². The van der Waals surface area contributed by atoms with Crippen molar-refractivity contribution in [2.75, 3.05) is 0 Å². The number of rotatable bonds is 12. The van der Waals surface area contributed by atoms with Crippen LogP contribution in [0, 0.1) is 0 Å². The molecule has 0 heterocycles. The minimum Gasteiger partial charge on any atom is -0.0654 e. The van der Waals surface area contributed by atoms with E-state index in [9.17, 15) is 0 Å². The summed E-state index contributed by atoms with van der Waals surface area (Å²) >= 11 is 0. The van der Waals surface area contributed by atoms with Crippen molar-refractivity contribution in [1.82, 2.24) is 0 Å². The molecule has 0 aliphatic carbocycles. The SMILES string of the molecule is CCCCc1ccc(-c2ccc(-c3ccc(-c4ccc(-c5ccc(CCCC)cc5)c(CC)c4)cc3)cc2CC)cc1. The van der Waals surface area contributed by atoms with Gasteiger partial charge in [0, 0.05) is 0 Å². The standard InChI is InChI=1S/C42H46/c1-5-9-11-31-13-17-37(18-14-31)41-27-25-39(29-33(41)7-3)35-21-23-36(24-22-35)40-26-28-42(34(8-4)30-40)38-19-15-32(16-20-38)12-10-6-2/h13-30H,5-12H2,1-4H3. The van der Waals surface area contributed by atoms with Crippen molar-refractivity contribution in [3.8, 4) is 44.5 Å². The van der Waals surface area contributed by atoms with Crippen LogP contribution in [0.25, 0.3) is 44.5 Å². The van der Waals surface area contributed by atoms with Crippen molar-refractivity contribution in [2.24, 2.45) is 0 Å². The summed E-state index contributed by atoms with van der Waals surface area (Å²) in [4.78, 5) is 0. The largest absolute Gasteiger partial charge is 0.0654 e. The maximum Gasteiger partial charge on any atom is -0.0152 e. The van der Waals surface area contributed by atoms with Gasteiger partial charge in [0.2, 0.25) is 0 Å². The van der Waals surface area contributed by atoms with Crippen LogP contribution in [-0.2, 0) is 25.7 Å². The maximum absolute atomic E-state index is 2.38. The predicted octanol–water partition coefficient (Wildman–Crippen LogP) is 12.2. The van der Waals surface area contributed by atoms with Gasteiger partial charge >= 0.3 is 0 Å². The molecule has 0 saturated carbocycles. The van der Waals surface area contributed by atoms with E-state index in [-0.39, 0.29) is 0 Å². The fourth-order valence-corrected chi connectivity index (χ4v) is 6.01. The number of unbranched alkanes of at least 4 members (excludes halogenated alkanes) is 2. The molecule has 0 fully saturated rings. The van der Waals surface area contributed by atoms with E-state index >= 15 is 0 Å². The molecule has 42 heavy (non-hydrogen) atoms. The van der Waals surface area contributed by atoms with E-state index in [0.717, 1.165) is 12.8 Å². The normalized spacial score (nSPS) is 11.1. The molecular formula is C42H46. The molecule has 0 aromatic heterocycles. The molecule has 0 spiro atoms. The van der Waals surface area contributed by atoms with Crippen LogP contribution in [-0.4, -0.2) is 0 Å². The second-order valence-corrected chi connectivity index (χ2v) is 11.6. The van der Waals surface area contributed by atoms with Crippen molar-refractivity contribution < 1.29 is 0 Å². The topological polar surface area (TPSA) is 0 Å². The van der Waals surface area contributed by atoms with E-state index in [1.807, 2.05) is 0 Å². The average molecular weight is 551 g/mol. The zero-order valence-electron chi connectivity index (χ0n) is 26.0. The molecule has 0 heteroatoms. The Morgan fingerprint density at radius 3 is 1.02 bits per heavy atom. The summed E-state index contributed by atoms with van der Waals surface area (Å²) in [5.41, 5.74) is 16.1. The van der Waals surface area contributed by atoms with Crippen molar-refractivity contribution in [3.63, 3.8) is 0 Å². The molecule has 0 nitrogen and oxygen atoms in total. The first-order chi connectivity index (χ1) is 20.6. The van der Waals surface area contributed by atoms with Gasteiger partial charge in [0.05, 0.1) is 0 Å². The van der Waals surface area contributed by atoms with Gasteiger partial charge in [-0.25, -0.2) is 0 Å². The van der Waals surface area contributed by atoms with Crippen molar-refractivity contribution >= 4 is 0 Å². The van der Waals surface area contributed by atoms with Gasteiger partial charge in [0.1, 0.15) is 0 Å². The van der Waals surface area contributed by atoms with E-state index in [2.05, 4.69) is 137 Å². The lowest BCUT2D eigenvalue weighted by molar-refractivity contribution is 0.795. The highest BCUT2D eigenvalue weighted by Gasteiger charge is 2.10. The Hall–Kier alpha value is -3.90. The summed E-state index contributed by atoms with van der Waals surface area (Å²) in [5, 5.41) is 0. The molecule has 5 aromatic rings. The van der Waals surface area contributed by atoms with Gasteiger partial charge in [-0.1, -0.05) is 150 Å². The molecule has 5 rings (SSSR count). The van der Waals surface area contributed by atoms with Crippen LogP contribution in [0.1, 0.15) is 75.6 Å². The molecule has 0 radical (unpaired) electrons. The van der Waals surface area contributed by atoms with Crippen LogP contribution in [0.5, 0.6) is 0 Å². The number of benzene rings is 5. The third-order valence-corrected chi connectivity index (χ3v) is 8.69. The molecule has 0 atom stereocenters. The van der Waals surface area contributed by atoms with E-state index in [1.54, 1.807) is 0 Å². The third-order valence-electron chi connectivity index (χ3n) is 8.69. The number of hydrogen-bond acceptors (Lipinski definition) is 0. The summed E-state index contributed by atoms with van der Waals surface area (Å²) in [6.07, 6.45) is 9.37. The second kappa shape index (κ2) is 14.3. The fraction of sp³-hybridized carbons (Fsp3) is 0.286. The lowest BCUT2D eigenvalue weighted by Gasteiger charge is -2.14. The highest BCUT2D eigenvalue weighted by Crippen LogP contribution is 2.33. The molecule has 0 N–H and O–H groups in total. The lowest BCUT2D eigenvalue weighted by atomic mass is 9.91. The van der Waals surface area contributed by atoms with E-state index in [4.69, 9.17) is 0 Å². The molecule has 0 aliphatic rings. The first-order valence-electron chi connectivity index (χ1n) is 16.2. The Morgan fingerprint density at radius 2 is 0.690 bits per heavy atom. The Morgan fingerprint density at radius 1 is 0.357 bits per heavy atom. The Kier molecular flexibility index (Phi) is 10.1. The Balaban J connectivity index is 1.34. The van der Waals surface area contributed by atoms with Crippen molar-refractivity contribution in [2.45, 2.75) is 79.1 Å². The zero-order valence-corrected chi connectivity index (χ0v) is 26.0. The van der Waals surface area contributed by atoms with Crippen LogP contribution < -0.4 is 0 Å². The quantitative estimate of drug-likeness (QED) is 0.145. The van der Waals surface area contributed by atoms with E-state index < -0.39 is 0 Å². The molecule has 5 aromatic carbocycles. The molecule has 0 unspecified atom stereocenters. The zero-order chi connectivity index (χ0) is 29.3. The fourth-order valence-electron chi connectivity index (χ4n) is 6.01. The summed E-state index contributed by atoms with van der Waals surface area (Å²) < 4.78 is 0. The highest BCUT2D eigenvalue weighted by molar-refractivity contribution is 5.77. The van der Waals surface area contributed by atoms with E-state index in [0.29, 0.717) is 0 Å². The lowest BCUT2D eigenvalue weighted by Crippen LogP contribution is -1.92. The first kappa shape index (κ1) is 29.6. The minimum atomic E-state index is 1.02. The minimum absolute atomic E-state index is 1.02. The molecular weight excluding hydrogens is 504 g/mol. The summed E-state index contributed by atoms with van der Waals surface area (Å²) in [5.74, 6) is 0. The molecule has 0 bridgehead atoms. The van der Waals surface area contributed by atoms with Crippen LogP contribution in [0.2, 0.25) is 0 Å². The molecule has 0 aliphatic heterocycles. The third kappa shape index (κ3) is 6.93. The van der Waals surface area contributed by atoms with Gasteiger partial charge in [-0.2, -0.15) is 0 Å². The Bertz CT molecular complexity index is 1450.